The topological polar surface area (TPSA) is 76.6 Å². The van der Waals surface area contributed by atoms with Gasteiger partial charge in [0, 0.05) is 70.0 Å². The highest BCUT2D eigenvalue weighted by atomic mass is 16.5. The van der Waals surface area contributed by atoms with Crippen LogP contribution in [0.4, 0.5) is 0 Å². The lowest BCUT2D eigenvalue weighted by atomic mass is 9.92. The van der Waals surface area contributed by atoms with Gasteiger partial charge in [-0.05, 0) is 56.2 Å². The average molecular weight is 549 g/mol. The summed E-state index contributed by atoms with van der Waals surface area (Å²) in [6.07, 6.45) is 2.33. The van der Waals surface area contributed by atoms with Gasteiger partial charge in [0.1, 0.15) is 5.75 Å². The molecule has 0 aliphatic carbocycles. The molecule has 2 aromatic rings. The second-order valence-corrected chi connectivity index (χ2v) is 10.9. The Morgan fingerprint density at radius 2 is 1.73 bits per heavy atom. The highest BCUT2D eigenvalue weighted by molar-refractivity contribution is 5.94. The van der Waals surface area contributed by atoms with Gasteiger partial charge in [0.2, 0.25) is 0 Å². The average Bonchev–Trinajstić information content (AvgIpc) is 2.95. The zero-order chi connectivity index (χ0) is 28.6. The monoisotopic (exact) mass is 548 g/mol. The minimum Gasteiger partial charge on any atom is -0.508 e. The minimum atomic E-state index is -0.176. The van der Waals surface area contributed by atoms with Gasteiger partial charge in [-0.1, -0.05) is 30.3 Å². The van der Waals surface area contributed by atoms with E-state index in [1.807, 2.05) is 48.2 Å². The third-order valence-electron chi connectivity index (χ3n) is 8.09. The van der Waals surface area contributed by atoms with E-state index in [0.717, 1.165) is 43.9 Å². The molecule has 8 nitrogen and oxygen atoms in total. The molecule has 2 saturated heterocycles. The highest BCUT2D eigenvalue weighted by Gasteiger charge is 2.35. The summed E-state index contributed by atoms with van der Waals surface area (Å²) in [5.74, 6) is 0.0882. The quantitative estimate of drug-likeness (QED) is 0.358. The van der Waals surface area contributed by atoms with Crippen molar-refractivity contribution in [2.45, 2.75) is 45.3 Å². The fraction of sp³-hybridized carbons (Fsp3) is 0.500. The van der Waals surface area contributed by atoms with Gasteiger partial charge in [-0.25, -0.2) is 0 Å². The third-order valence-corrected chi connectivity index (χ3v) is 8.09. The molecule has 1 amide bonds. The largest absolute Gasteiger partial charge is 0.508 e. The van der Waals surface area contributed by atoms with Gasteiger partial charge in [0.05, 0.1) is 19.1 Å². The summed E-state index contributed by atoms with van der Waals surface area (Å²) < 4.78 is 5.04. The van der Waals surface area contributed by atoms with Crippen LogP contribution in [0.2, 0.25) is 0 Å². The maximum absolute atomic E-state index is 13.6. The molecule has 0 bridgehead atoms. The molecule has 2 aliphatic heterocycles. The van der Waals surface area contributed by atoms with E-state index in [4.69, 9.17) is 4.74 Å². The molecule has 2 heterocycles. The van der Waals surface area contributed by atoms with Crippen LogP contribution in [0, 0.1) is 0 Å². The molecule has 1 unspecified atom stereocenters. The minimum absolute atomic E-state index is 0.0266. The number of aromatic hydroxyl groups is 1. The van der Waals surface area contributed by atoms with Crippen molar-refractivity contribution in [3.8, 4) is 5.75 Å². The van der Waals surface area contributed by atoms with Gasteiger partial charge >= 0.3 is 5.97 Å². The van der Waals surface area contributed by atoms with E-state index >= 15 is 0 Å². The number of esters is 1. The van der Waals surface area contributed by atoms with E-state index < -0.39 is 0 Å². The number of carbonyl (C=O) groups is 2. The van der Waals surface area contributed by atoms with Crippen LogP contribution in [-0.4, -0.2) is 108 Å². The standard InChI is InChI=1S/C32H44N4O4/c1-5-14-35-22-25(4)36(23-24(35)3)31(27-10-8-12-29(37)21-27)26-9-7-11-28(20-26)32(39)34-18-16-33(17-19-34)15-13-30(38)40-6-2/h5,7-12,20-21,24-25,31,37H,1,6,13-19,22-23H2,2-4H3/t24-,25-,31?/m1/s1. The number of rotatable bonds is 10. The van der Waals surface area contributed by atoms with Crippen LogP contribution >= 0.6 is 0 Å². The van der Waals surface area contributed by atoms with Crippen LogP contribution in [-0.2, 0) is 9.53 Å². The summed E-state index contributed by atoms with van der Waals surface area (Å²) >= 11 is 0. The summed E-state index contributed by atoms with van der Waals surface area (Å²) in [6.45, 7) is 16.6. The molecule has 0 radical (unpaired) electrons. The summed E-state index contributed by atoms with van der Waals surface area (Å²) in [5.41, 5.74) is 2.73. The molecular weight excluding hydrogens is 504 g/mol. The number of phenolic OH excluding ortho intramolecular Hbond substituents is 1. The van der Waals surface area contributed by atoms with Crippen molar-refractivity contribution in [2.24, 2.45) is 0 Å². The number of amides is 1. The van der Waals surface area contributed by atoms with Crippen LogP contribution in [0.5, 0.6) is 5.75 Å². The first-order valence-electron chi connectivity index (χ1n) is 14.5. The summed E-state index contributed by atoms with van der Waals surface area (Å²) in [4.78, 5) is 34.4. The van der Waals surface area contributed by atoms with Crippen molar-refractivity contribution in [3.05, 3.63) is 77.9 Å². The lowest BCUT2D eigenvalue weighted by Crippen LogP contribution is -2.57. The molecule has 3 atom stereocenters. The van der Waals surface area contributed by atoms with Gasteiger partial charge in [0.15, 0.2) is 0 Å². The SMILES string of the molecule is C=CCN1C[C@@H](C)N(C(c2cccc(O)c2)c2cccc(C(=O)N3CCN(CCC(=O)OCC)CC3)c2)C[C@H]1C. The number of phenols is 1. The van der Waals surface area contributed by atoms with Crippen molar-refractivity contribution < 1.29 is 19.4 Å². The van der Waals surface area contributed by atoms with Gasteiger partial charge in [0.25, 0.3) is 5.91 Å². The molecule has 4 rings (SSSR count). The first-order valence-corrected chi connectivity index (χ1v) is 14.5. The van der Waals surface area contributed by atoms with Gasteiger partial charge in [-0.2, -0.15) is 0 Å². The number of hydrogen-bond donors (Lipinski definition) is 1. The van der Waals surface area contributed by atoms with Gasteiger partial charge in [-0.15, -0.1) is 6.58 Å². The Labute approximate surface area is 238 Å². The van der Waals surface area contributed by atoms with Crippen molar-refractivity contribution >= 4 is 11.9 Å². The Hall–Kier alpha value is -3.20. The number of hydrogen-bond acceptors (Lipinski definition) is 7. The maximum atomic E-state index is 13.6. The second kappa shape index (κ2) is 13.9. The number of ether oxygens (including phenoxy) is 1. The van der Waals surface area contributed by atoms with Crippen LogP contribution in [0.25, 0.3) is 0 Å². The van der Waals surface area contributed by atoms with E-state index in [1.54, 1.807) is 6.07 Å². The molecule has 8 heteroatoms. The summed E-state index contributed by atoms with van der Waals surface area (Å²) in [5, 5.41) is 10.3. The normalized spacial score (nSPS) is 21.6. The molecule has 2 fully saturated rings. The molecule has 1 N–H and O–H groups in total. The number of piperazine rings is 2. The zero-order valence-electron chi connectivity index (χ0n) is 24.2. The van der Waals surface area contributed by atoms with E-state index in [9.17, 15) is 14.7 Å². The molecule has 2 aliphatic rings. The molecule has 0 aromatic heterocycles. The van der Waals surface area contributed by atoms with E-state index in [1.165, 1.54) is 0 Å². The molecule has 40 heavy (non-hydrogen) atoms. The molecule has 0 spiro atoms. The van der Waals surface area contributed by atoms with Gasteiger partial charge in [-0.3, -0.25) is 24.3 Å². The fourth-order valence-electron chi connectivity index (χ4n) is 5.96. The summed E-state index contributed by atoms with van der Waals surface area (Å²) in [6, 6.07) is 16.0. The smallest absolute Gasteiger partial charge is 0.307 e. The van der Waals surface area contributed by atoms with Gasteiger partial charge < -0.3 is 14.7 Å². The van der Waals surface area contributed by atoms with Crippen LogP contribution in [0.15, 0.2) is 61.2 Å². The highest BCUT2D eigenvalue weighted by Crippen LogP contribution is 2.35. The number of benzene rings is 2. The summed E-state index contributed by atoms with van der Waals surface area (Å²) in [7, 11) is 0. The lowest BCUT2D eigenvalue weighted by molar-refractivity contribution is -0.143. The molecule has 2 aromatic carbocycles. The number of nitrogens with zero attached hydrogens (tertiary/aromatic N) is 4. The third kappa shape index (κ3) is 7.30. The Balaban J connectivity index is 1.52. The van der Waals surface area contributed by atoms with E-state index in [0.29, 0.717) is 44.3 Å². The fourth-order valence-corrected chi connectivity index (χ4v) is 5.96. The molecule has 216 valence electrons. The van der Waals surface area contributed by atoms with Crippen molar-refractivity contribution in [1.29, 1.82) is 0 Å². The molecular formula is C32H44N4O4. The maximum Gasteiger partial charge on any atom is 0.307 e. The predicted octanol–water partition coefficient (Wildman–Crippen LogP) is 3.77. The van der Waals surface area contributed by atoms with Crippen molar-refractivity contribution in [3.63, 3.8) is 0 Å². The van der Waals surface area contributed by atoms with Crippen LogP contribution in [0.1, 0.15) is 54.7 Å². The van der Waals surface area contributed by atoms with Crippen molar-refractivity contribution in [2.75, 3.05) is 59.0 Å². The number of carbonyl (C=O) groups excluding carboxylic acids is 2. The Kier molecular flexibility index (Phi) is 10.4. The van der Waals surface area contributed by atoms with E-state index in [2.05, 4.69) is 47.3 Å². The zero-order valence-corrected chi connectivity index (χ0v) is 24.2. The van der Waals surface area contributed by atoms with Crippen LogP contribution in [0.3, 0.4) is 0 Å². The van der Waals surface area contributed by atoms with E-state index in [-0.39, 0.29) is 29.7 Å². The predicted molar refractivity (Wildman–Crippen MR) is 157 cm³/mol. The Morgan fingerprint density at radius 1 is 1.02 bits per heavy atom. The Bertz CT molecular complexity index is 1160. The first kappa shape index (κ1) is 29.8. The van der Waals surface area contributed by atoms with Crippen LogP contribution < -0.4 is 0 Å². The van der Waals surface area contributed by atoms with Crippen molar-refractivity contribution in [1.82, 2.24) is 19.6 Å². The molecule has 0 saturated carbocycles. The lowest BCUT2D eigenvalue weighted by Gasteiger charge is -2.47. The Morgan fingerprint density at radius 3 is 2.40 bits per heavy atom. The second-order valence-electron chi connectivity index (χ2n) is 10.9. The first-order chi connectivity index (χ1) is 19.3.